The number of nitrogens with zero attached hydrogens (tertiary/aromatic N) is 1. The molecule has 1 aromatic rings. The molecule has 0 bridgehead atoms. The standard InChI is InChI=1S/C24H43NO2SSi/c1-17(2)12-11-13-18(3)14-15-22(26)19(4)23(21-16-28-20(5)25-21)27-29(9,10)24(6,7)8/h14,16-17,22,26H,11-13,15H2,1-10H3. The number of hydrogen-bond acceptors (Lipinski definition) is 4. The minimum absolute atomic E-state index is 0.0848. The van der Waals surface area contributed by atoms with Crippen LogP contribution in [0.5, 0.6) is 0 Å². The summed E-state index contributed by atoms with van der Waals surface area (Å²) in [6.45, 7) is 21.9. The number of aliphatic hydroxyl groups is 1. The van der Waals surface area contributed by atoms with Crippen molar-refractivity contribution in [3.63, 3.8) is 0 Å². The molecule has 166 valence electrons. The highest BCUT2D eigenvalue weighted by Crippen LogP contribution is 2.40. The van der Waals surface area contributed by atoms with E-state index in [0.717, 1.165) is 34.4 Å². The summed E-state index contributed by atoms with van der Waals surface area (Å²) < 4.78 is 6.66. The molecular weight excluding hydrogens is 394 g/mol. The Hall–Kier alpha value is -0.913. The average Bonchev–Trinajstić information content (AvgIpc) is 3.01. The lowest BCUT2D eigenvalue weighted by Gasteiger charge is -2.37. The van der Waals surface area contributed by atoms with Crippen LogP contribution in [0.15, 0.2) is 22.6 Å². The van der Waals surface area contributed by atoms with E-state index in [1.807, 2.05) is 19.2 Å². The van der Waals surface area contributed by atoms with Gasteiger partial charge in [0.15, 0.2) is 0 Å². The summed E-state index contributed by atoms with van der Waals surface area (Å²) in [5.74, 6) is 1.52. The van der Waals surface area contributed by atoms with Crippen LogP contribution in [0.2, 0.25) is 18.1 Å². The zero-order chi connectivity index (χ0) is 22.4. The van der Waals surface area contributed by atoms with Gasteiger partial charge in [0, 0.05) is 5.38 Å². The fourth-order valence-corrected chi connectivity index (χ4v) is 4.42. The topological polar surface area (TPSA) is 42.4 Å². The number of hydrogen-bond donors (Lipinski definition) is 1. The second-order valence-corrected chi connectivity index (χ2v) is 16.0. The van der Waals surface area contributed by atoms with E-state index in [0.29, 0.717) is 6.42 Å². The summed E-state index contributed by atoms with van der Waals surface area (Å²) in [7, 11) is -2.04. The lowest BCUT2D eigenvalue weighted by molar-refractivity contribution is 0.212. The van der Waals surface area contributed by atoms with Crippen molar-refractivity contribution in [2.75, 3.05) is 0 Å². The normalized spacial score (nSPS) is 15.5. The van der Waals surface area contributed by atoms with Gasteiger partial charge in [-0.25, -0.2) is 4.98 Å². The third kappa shape index (κ3) is 8.39. The maximum Gasteiger partial charge on any atom is 0.250 e. The SMILES string of the molecule is CC(=CCC(O)C(C)=C(O[Si](C)(C)C(C)(C)C)c1csc(C)n1)CCCC(C)C. The summed E-state index contributed by atoms with van der Waals surface area (Å²) in [5, 5.41) is 14.1. The van der Waals surface area contributed by atoms with Crippen LogP contribution in [0.1, 0.15) is 84.9 Å². The quantitative estimate of drug-likeness (QED) is 0.231. The summed E-state index contributed by atoms with van der Waals surface area (Å²) >= 11 is 1.62. The van der Waals surface area contributed by atoms with Gasteiger partial charge in [-0.2, -0.15) is 0 Å². The highest BCUT2D eigenvalue weighted by molar-refractivity contribution is 7.09. The Labute approximate surface area is 184 Å². The van der Waals surface area contributed by atoms with Gasteiger partial charge >= 0.3 is 0 Å². The fraction of sp³-hybridized carbons (Fsp3) is 0.708. The van der Waals surface area contributed by atoms with Crippen LogP contribution >= 0.6 is 11.3 Å². The Morgan fingerprint density at radius 3 is 2.38 bits per heavy atom. The van der Waals surface area contributed by atoms with Crippen LogP contribution in [0.3, 0.4) is 0 Å². The van der Waals surface area contributed by atoms with E-state index in [2.05, 4.69) is 65.7 Å². The second kappa shape index (κ2) is 10.9. The van der Waals surface area contributed by atoms with Gasteiger partial charge in [0.05, 0.1) is 11.1 Å². The summed E-state index contributed by atoms with van der Waals surface area (Å²) in [4.78, 5) is 4.66. The molecule has 0 aliphatic carbocycles. The zero-order valence-corrected chi connectivity index (χ0v) is 22.2. The first-order valence-corrected chi connectivity index (χ1v) is 14.7. The van der Waals surface area contributed by atoms with E-state index in [4.69, 9.17) is 4.43 Å². The molecule has 1 heterocycles. The molecule has 1 aromatic heterocycles. The van der Waals surface area contributed by atoms with E-state index in [9.17, 15) is 5.11 Å². The molecule has 0 saturated heterocycles. The maximum atomic E-state index is 10.9. The number of rotatable bonds is 10. The molecule has 0 radical (unpaired) electrons. The fourth-order valence-electron chi connectivity index (χ4n) is 2.74. The second-order valence-electron chi connectivity index (χ2n) is 10.2. The lowest BCUT2D eigenvalue weighted by Crippen LogP contribution is -2.40. The van der Waals surface area contributed by atoms with Crippen LogP contribution in [0, 0.1) is 12.8 Å². The molecule has 5 heteroatoms. The van der Waals surface area contributed by atoms with Crippen molar-refractivity contribution < 1.29 is 9.53 Å². The number of aromatic nitrogens is 1. The number of thiazole rings is 1. The third-order valence-electron chi connectivity index (χ3n) is 5.92. The average molecular weight is 438 g/mol. The third-order valence-corrected chi connectivity index (χ3v) is 11.0. The first-order valence-electron chi connectivity index (χ1n) is 10.9. The van der Waals surface area contributed by atoms with Crippen LogP contribution in [0.4, 0.5) is 0 Å². The highest BCUT2D eigenvalue weighted by Gasteiger charge is 2.40. The number of aliphatic hydroxyl groups excluding tert-OH is 1. The van der Waals surface area contributed by atoms with E-state index < -0.39 is 14.4 Å². The molecule has 0 aliphatic heterocycles. The maximum absolute atomic E-state index is 10.9. The molecule has 1 N–H and O–H groups in total. The minimum atomic E-state index is -2.04. The molecule has 0 aliphatic rings. The molecule has 0 fully saturated rings. The molecule has 1 unspecified atom stereocenters. The Bertz CT molecular complexity index is 711. The van der Waals surface area contributed by atoms with Crippen LogP contribution in [-0.2, 0) is 4.43 Å². The lowest BCUT2D eigenvalue weighted by atomic mass is 10.0. The molecule has 1 rings (SSSR count). The molecule has 1 atom stereocenters. The first-order chi connectivity index (χ1) is 13.2. The van der Waals surface area contributed by atoms with E-state index >= 15 is 0 Å². The van der Waals surface area contributed by atoms with Gasteiger partial charge in [0.2, 0.25) is 0 Å². The zero-order valence-electron chi connectivity index (χ0n) is 20.3. The monoisotopic (exact) mass is 437 g/mol. The van der Waals surface area contributed by atoms with E-state index in [1.165, 1.54) is 18.4 Å². The summed E-state index contributed by atoms with van der Waals surface area (Å²) in [6, 6.07) is 0. The van der Waals surface area contributed by atoms with Crippen molar-refractivity contribution in [1.82, 2.24) is 4.98 Å². The molecule has 0 spiro atoms. The van der Waals surface area contributed by atoms with Crippen LogP contribution in [-0.4, -0.2) is 24.5 Å². The predicted molar refractivity (Wildman–Crippen MR) is 131 cm³/mol. The minimum Gasteiger partial charge on any atom is -0.542 e. The van der Waals surface area contributed by atoms with Gasteiger partial charge < -0.3 is 9.53 Å². The van der Waals surface area contributed by atoms with Crippen molar-refractivity contribution in [2.24, 2.45) is 5.92 Å². The van der Waals surface area contributed by atoms with Gasteiger partial charge in [0.1, 0.15) is 11.5 Å². The summed E-state index contributed by atoms with van der Waals surface area (Å²) in [6.07, 6.45) is 5.81. The largest absolute Gasteiger partial charge is 0.542 e. The van der Waals surface area contributed by atoms with Gasteiger partial charge in [-0.3, -0.25) is 0 Å². The van der Waals surface area contributed by atoms with Crippen molar-refractivity contribution in [3.8, 4) is 0 Å². The Morgan fingerprint density at radius 2 is 1.90 bits per heavy atom. The molecule has 0 amide bonds. The molecular formula is C24H43NO2SSi. The van der Waals surface area contributed by atoms with Crippen molar-refractivity contribution in [2.45, 2.75) is 105 Å². The van der Waals surface area contributed by atoms with E-state index in [1.54, 1.807) is 11.3 Å². The summed E-state index contributed by atoms with van der Waals surface area (Å²) in [5.41, 5.74) is 3.09. The van der Waals surface area contributed by atoms with Gasteiger partial charge in [-0.1, -0.05) is 52.7 Å². The Kier molecular flexibility index (Phi) is 9.84. The van der Waals surface area contributed by atoms with Crippen molar-refractivity contribution >= 4 is 25.4 Å². The predicted octanol–water partition coefficient (Wildman–Crippen LogP) is 7.73. The Morgan fingerprint density at radius 1 is 1.28 bits per heavy atom. The highest BCUT2D eigenvalue weighted by atomic mass is 32.1. The van der Waals surface area contributed by atoms with Crippen molar-refractivity contribution in [3.05, 3.63) is 33.3 Å². The van der Waals surface area contributed by atoms with Gasteiger partial charge in [0.25, 0.3) is 8.32 Å². The van der Waals surface area contributed by atoms with E-state index in [-0.39, 0.29) is 5.04 Å². The smallest absolute Gasteiger partial charge is 0.250 e. The molecule has 3 nitrogen and oxygen atoms in total. The Balaban J connectivity index is 3.05. The van der Waals surface area contributed by atoms with Crippen molar-refractivity contribution in [1.29, 1.82) is 0 Å². The number of allylic oxidation sites excluding steroid dienone is 1. The van der Waals surface area contributed by atoms with Crippen LogP contribution in [0.25, 0.3) is 5.76 Å². The van der Waals surface area contributed by atoms with Gasteiger partial charge in [-0.15, -0.1) is 11.3 Å². The number of aryl methyl sites for hydroxylation is 1. The first kappa shape index (κ1) is 26.1. The van der Waals surface area contributed by atoms with Gasteiger partial charge in [-0.05, 0) is 69.7 Å². The molecule has 29 heavy (non-hydrogen) atoms. The van der Waals surface area contributed by atoms with Crippen LogP contribution < -0.4 is 0 Å². The molecule has 0 saturated carbocycles. The molecule has 0 aromatic carbocycles.